The fourth-order valence-corrected chi connectivity index (χ4v) is 4.77. The fourth-order valence-electron chi connectivity index (χ4n) is 4.77. The lowest BCUT2D eigenvalue weighted by Crippen LogP contribution is -2.43. The quantitative estimate of drug-likeness (QED) is 0.361. The summed E-state index contributed by atoms with van der Waals surface area (Å²) in [6.07, 6.45) is 0.504. The number of urea groups is 1. The number of carbonyl (C=O) groups excluding carboxylic acids is 4. The Hall–Kier alpha value is -4.21. The molecule has 1 heterocycles. The molecule has 1 aliphatic rings. The maximum atomic E-state index is 13.5. The second-order valence-corrected chi connectivity index (χ2v) is 9.93. The van der Waals surface area contributed by atoms with Gasteiger partial charge in [-0.25, -0.2) is 14.4 Å². The third-order valence-corrected chi connectivity index (χ3v) is 6.14. The number of carboxylic acid groups (broad SMARTS) is 1. The Kier molecular flexibility index (Phi) is 8.00. The summed E-state index contributed by atoms with van der Waals surface area (Å²) < 4.78 is 5.68. The lowest BCUT2D eigenvalue weighted by molar-refractivity contribution is -0.156. The van der Waals surface area contributed by atoms with Crippen LogP contribution in [0.3, 0.4) is 0 Å². The van der Waals surface area contributed by atoms with E-state index in [-0.39, 0.29) is 35.6 Å². The Balaban J connectivity index is 2.40. The number of nitrogens with zero attached hydrogens (tertiary/aromatic N) is 1. The summed E-state index contributed by atoms with van der Waals surface area (Å²) in [4.78, 5) is 63.8. The van der Waals surface area contributed by atoms with E-state index >= 15 is 0 Å². The average molecular weight is 510 g/mol. The van der Waals surface area contributed by atoms with Crippen molar-refractivity contribution in [2.45, 2.75) is 58.2 Å². The van der Waals surface area contributed by atoms with Crippen LogP contribution in [0.15, 0.2) is 42.5 Å². The minimum absolute atomic E-state index is 0.0156. The van der Waals surface area contributed by atoms with E-state index in [9.17, 15) is 29.1 Å². The maximum absolute atomic E-state index is 13.5. The lowest BCUT2D eigenvalue weighted by atomic mass is 9.89. The monoisotopic (exact) mass is 509 g/mol. The first kappa shape index (κ1) is 27.4. The van der Waals surface area contributed by atoms with Gasteiger partial charge >= 0.3 is 18.0 Å². The number of aromatic carboxylic acids is 1. The van der Waals surface area contributed by atoms with Crippen LogP contribution in [-0.4, -0.2) is 46.8 Å². The van der Waals surface area contributed by atoms with Gasteiger partial charge in [0.1, 0.15) is 23.7 Å². The number of ether oxygens (including phenoxy) is 1. The van der Waals surface area contributed by atoms with Crippen LogP contribution in [0.2, 0.25) is 0 Å². The predicted molar refractivity (Wildman–Crippen MR) is 136 cm³/mol. The van der Waals surface area contributed by atoms with Gasteiger partial charge in [0.25, 0.3) is 0 Å². The van der Waals surface area contributed by atoms with Crippen LogP contribution < -0.4 is 16.0 Å². The number of carbonyl (C=O) groups is 5. The van der Waals surface area contributed by atoms with Crippen LogP contribution in [0.4, 0.5) is 16.2 Å². The number of benzene rings is 2. The molecule has 37 heavy (non-hydrogen) atoms. The third kappa shape index (κ3) is 5.96. The van der Waals surface area contributed by atoms with Gasteiger partial charge in [0, 0.05) is 12.3 Å². The first-order valence-electron chi connectivity index (χ1n) is 11.8. The number of hydrogen-bond acceptors (Lipinski definition) is 7. The minimum atomic E-state index is -1.33. The molecule has 196 valence electrons. The second kappa shape index (κ2) is 10.8. The highest BCUT2D eigenvalue weighted by molar-refractivity contribution is 6.05. The van der Waals surface area contributed by atoms with E-state index in [2.05, 4.69) is 5.32 Å². The van der Waals surface area contributed by atoms with Gasteiger partial charge < -0.3 is 30.6 Å². The normalized spacial score (nSPS) is 19.2. The Morgan fingerprint density at radius 2 is 1.78 bits per heavy atom. The van der Waals surface area contributed by atoms with Crippen LogP contribution in [0.1, 0.15) is 61.6 Å². The summed E-state index contributed by atoms with van der Waals surface area (Å²) in [6.45, 7) is 6.53. The number of primary amides is 1. The molecule has 0 bridgehead atoms. The number of anilines is 2. The molecule has 3 unspecified atom stereocenters. The van der Waals surface area contributed by atoms with E-state index < -0.39 is 41.6 Å². The van der Waals surface area contributed by atoms with E-state index in [0.29, 0.717) is 17.4 Å². The molecule has 1 aliphatic heterocycles. The first-order valence-corrected chi connectivity index (χ1v) is 11.8. The highest BCUT2D eigenvalue weighted by Gasteiger charge is 2.50. The maximum Gasteiger partial charge on any atom is 0.337 e. The molecule has 3 atom stereocenters. The summed E-state index contributed by atoms with van der Waals surface area (Å²) in [6, 6.07) is 8.79. The molecule has 0 aromatic heterocycles. The van der Waals surface area contributed by atoms with Crippen molar-refractivity contribution in [2.24, 2.45) is 11.7 Å². The van der Waals surface area contributed by atoms with Crippen LogP contribution in [0.5, 0.6) is 0 Å². The van der Waals surface area contributed by atoms with Crippen molar-refractivity contribution in [3.63, 3.8) is 0 Å². The van der Waals surface area contributed by atoms with E-state index in [1.807, 2.05) is 0 Å². The SMILES string of the molecule is CC(=O)C1CC(C(=O)OC(C)(C)C)N(c2c(C(=O)O)ccc(CC=O)c2NC(N)=O)C1c1ccccc1. The lowest BCUT2D eigenvalue weighted by Gasteiger charge is -2.36. The topological polar surface area (TPSA) is 156 Å². The van der Waals surface area contributed by atoms with Crippen LogP contribution >= 0.6 is 0 Å². The molecular weight excluding hydrogens is 478 g/mol. The third-order valence-electron chi connectivity index (χ3n) is 6.14. The molecular formula is C27H31N3O7. The highest BCUT2D eigenvalue weighted by atomic mass is 16.6. The van der Waals surface area contributed by atoms with Crippen LogP contribution in [-0.2, 0) is 25.5 Å². The van der Waals surface area contributed by atoms with Gasteiger partial charge in [-0.3, -0.25) is 4.79 Å². The summed E-state index contributed by atoms with van der Waals surface area (Å²) in [5.74, 6) is -2.88. The first-order chi connectivity index (χ1) is 17.4. The molecule has 1 fully saturated rings. The molecule has 0 saturated carbocycles. The zero-order valence-corrected chi connectivity index (χ0v) is 21.2. The molecule has 2 aromatic rings. The van der Waals surface area contributed by atoms with E-state index in [1.165, 1.54) is 24.0 Å². The number of amides is 2. The molecule has 2 aromatic carbocycles. The minimum Gasteiger partial charge on any atom is -0.478 e. The summed E-state index contributed by atoms with van der Waals surface area (Å²) >= 11 is 0. The Bertz CT molecular complexity index is 1220. The average Bonchev–Trinajstić information content (AvgIpc) is 3.20. The van der Waals surface area contributed by atoms with Crippen molar-refractivity contribution in [2.75, 3.05) is 10.2 Å². The molecule has 0 spiro atoms. The zero-order valence-electron chi connectivity index (χ0n) is 21.2. The number of nitrogens with two attached hydrogens (primary N) is 1. The molecule has 10 nitrogen and oxygen atoms in total. The number of ketones is 1. The van der Waals surface area contributed by atoms with Crippen LogP contribution in [0, 0.1) is 5.92 Å². The molecule has 0 radical (unpaired) electrons. The van der Waals surface area contributed by atoms with Crippen molar-refractivity contribution in [1.82, 2.24) is 0 Å². The summed E-state index contributed by atoms with van der Waals surface area (Å²) in [7, 11) is 0. The molecule has 10 heteroatoms. The van der Waals surface area contributed by atoms with E-state index in [1.54, 1.807) is 51.1 Å². The van der Waals surface area contributed by atoms with Gasteiger partial charge in [0.15, 0.2) is 0 Å². The highest BCUT2D eigenvalue weighted by Crippen LogP contribution is 2.49. The van der Waals surface area contributed by atoms with Crippen molar-refractivity contribution in [1.29, 1.82) is 0 Å². The second-order valence-electron chi connectivity index (χ2n) is 9.93. The molecule has 0 aliphatic carbocycles. The van der Waals surface area contributed by atoms with Gasteiger partial charge in [-0.1, -0.05) is 36.4 Å². The zero-order chi connectivity index (χ0) is 27.5. The van der Waals surface area contributed by atoms with Gasteiger partial charge in [-0.15, -0.1) is 0 Å². The van der Waals surface area contributed by atoms with E-state index in [4.69, 9.17) is 10.5 Å². The molecule has 4 N–H and O–H groups in total. The molecule has 2 amide bonds. The Labute approximate surface area is 214 Å². The van der Waals surface area contributed by atoms with Crippen molar-refractivity contribution in [3.05, 3.63) is 59.2 Å². The largest absolute Gasteiger partial charge is 0.478 e. The number of carboxylic acids is 1. The van der Waals surface area contributed by atoms with E-state index in [0.717, 1.165) is 0 Å². The number of aldehydes is 1. The number of Topliss-reactive ketones (excluding diaryl/α,β-unsaturated/α-hetero) is 1. The Morgan fingerprint density at radius 1 is 1.14 bits per heavy atom. The predicted octanol–water partition coefficient (Wildman–Crippen LogP) is 3.48. The van der Waals surface area contributed by atoms with Crippen LogP contribution in [0.25, 0.3) is 0 Å². The number of esters is 1. The molecule has 1 saturated heterocycles. The number of rotatable bonds is 8. The summed E-state index contributed by atoms with van der Waals surface area (Å²) in [5, 5.41) is 12.6. The number of nitrogens with one attached hydrogen (secondary N) is 1. The van der Waals surface area contributed by atoms with Gasteiger partial charge in [0.05, 0.1) is 23.0 Å². The van der Waals surface area contributed by atoms with Crippen molar-refractivity contribution in [3.8, 4) is 0 Å². The smallest absolute Gasteiger partial charge is 0.337 e. The van der Waals surface area contributed by atoms with Crippen molar-refractivity contribution < 1.29 is 33.8 Å². The number of hydrogen-bond donors (Lipinski definition) is 3. The fraction of sp³-hybridized carbons (Fsp3) is 0.370. The van der Waals surface area contributed by atoms with Gasteiger partial charge in [0.2, 0.25) is 0 Å². The van der Waals surface area contributed by atoms with Crippen molar-refractivity contribution >= 4 is 41.4 Å². The van der Waals surface area contributed by atoms with Gasteiger partial charge in [-0.2, -0.15) is 0 Å². The molecule has 3 rings (SSSR count). The van der Waals surface area contributed by atoms with Gasteiger partial charge in [-0.05, 0) is 51.3 Å². The summed E-state index contributed by atoms with van der Waals surface area (Å²) in [5.41, 5.74) is 5.25. The Morgan fingerprint density at radius 3 is 2.30 bits per heavy atom. The standard InChI is InChI=1S/C27H31N3O7/c1-15(32)19-14-20(25(35)37-27(2,3)4)30(22(19)17-8-6-5-7-9-17)23-18(24(33)34)11-10-16(12-13-31)21(23)29-26(28)36/h5-11,13,19-20,22H,12,14H2,1-4H3,(H,33,34)(H3,28,29,36).